The van der Waals surface area contributed by atoms with Crippen LogP contribution in [0, 0.1) is 0 Å². The zero-order chi connectivity index (χ0) is 14.4. The number of fused-ring (bicyclic) bond motifs is 3. The van der Waals surface area contributed by atoms with Crippen molar-refractivity contribution < 1.29 is 9.59 Å². The molecule has 1 fully saturated rings. The average molecular weight is 280 g/mol. The first-order valence-corrected chi connectivity index (χ1v) is 7.54. The number of benzene rings is 1. The first kappa shape index (κ1) is 12.5. The Bertz CT molecular complexity index is 739. The van der Waals surface area contributed by atoms with E-state index in [9.17, 15) is 9.59 Å². The van der Waals surface area contributed by atoms with Gasteiger partial charge in [-0.25, -0.2) is 4.98 Å². The lowest BCUT2D eigenvalue weighted by Crippen LogP contribution is -2.21. The third-order valence-corrected chi connectivity index (χ3v) is 4.57. The van der Waals surface area contributed by atoms with E-state index in [1.54, 1.807) is 12.1 Å². The number of aromatic amines is 1. The molecule has 4 nitrogen and oxygen atoms in total. The quantitative estimate of drug-likeness (QED) is 0.813. The Morgan fingerprint density at radius 3 is 2.43 bits per heavy atom. The highest BCUT2D eigenvalue weighted by Gasteiger charge is 2.34. The van der Waals surface area contributed by atoms with Crippen LogP contribution >= 0.6 is 0 Å². The monoisotopic (exact) mass is 280 g/mol. The molecule has 0 saturated heterocycles. The van der Waals surface area contributed by atoms with E-state index in [1.165, 1.54) is 19.3 Å². The number of hydrogen-bond donors (Lipinski definition) is 1. The maximum absolute atomic E-state index is 12.3. The van der Waals surface area contributed by atoms with Gasteiger partial charge in [-0.2, -0.15) is 0 Å². The van der Waals surface area contributed by atoms with Crippen LogP contribution in [0.5, 0.6) is 0 Å². The molecule has 0 radical (unpaired) electrons. The Kier molecular flexibility index (Phi) is 2.77. The van der Waals surface area contributed by atoms with Crippen LogP contribution < -0.4 is 0 Å². The molecular formula is C17H16N2O2. The molecule has 21 heavy (non-hydrogen) atoms. The van der Waals surface area contributed by atoms with E-state index in [-0.39, 0.29) is 0 Å². The smallest absolute Gasteiger partial charge is 0.251 e. The van der Waals surface area contributed by atoms with Crippen LogP contribution in [0.2, 0.25) is 0 Å². The Labute approximate surface area is 122 Å². The molecule has 2 aliphatic rings. The van der Waals surface area contributed by atoms with Gasteiger partial charge < -0.3 is 4.98 Å². The third kappa shape index (κ3) is 1.86. The number of aromatic nitrogens is 2. The van der Waals surface area contributed by atoms with Gasteiger partial charge in [-0.3, -0.25) is 9.59 Å². The molecule has 0 atom stereocenters. The SMILES string of the molecule is O=C1C(=O)c2[nH]c(C3CCCCC3)nc2-c2ccccc21. The molecule has 1 N–H and O–H groups in total. The predicted octanol–water partition coefficient (Wildman–Crippen LogP) is 3.50. The van der Waals surface area contributed by atoms with Crippen LogP contribution in [0.3, 0.4) is 0 Å². The molecule has 0 amide bonds. The zero-order valence-corrected chi connectivity index (χ0v) is 11.7. The summed E-state index contributed by atoms with van der Waals surface area (Å²) in [5, 5.41) is 0. The van der Waals surface area contributed by atoms with Crippen molar-refractivity contribution in [2.45, 2.75) is 38.0 Å². The maximum atomic E-state index is 12.3. The van der Waals surface area contributed by atoms with Crippen molar-refractivity contribution in [3.8, 4) is 11.3 Å². The molecule has 1 saturated carbocycles. The van der Waals surface area contributed by atoms with E-state index in [4.69, 9.17) is 0 Å². The highest BCUT2D eigenvalue weighted by molar-refractivity contribution is 6.52. The van der Waals surface area contributed by atoms with Gasteiger partial charge in [0.25, 0.3) is 5.78 Å². The second kappa shape index (κ2) is 4.65. The lowest BCUT2D eigenvalue weighted by Gasteiger charge is -2.19. The van der Waals surface area contributed by atoms with Crippen molar-refractivity contribution in [1.29, 1.82) is 0 Å². The number of carbonyl (C=O) groups excluding carboxylic acids is 2. The second-order valence-corrected chi connectivity index (χ2v) is 5.88. The molecule has 1 heterocycles. The number of rotatable bonds is 1. The Morgan fingerprint density at radius 2 is 1.67 bits per heavy atom. The van der Waals surface area contributed by atoms with Crippen LogP contribution in [-0.4, -0.2) is 21.5 Å². The maximum Gasteiger partial charge on any atom is 0.251 e. The van der Waals surface area contributed by atoms with Crippen molar-refractivity contribution in [1.82, 2.24) is 9.97 Å². The molecule has 0 bridgehead atoms. The molecule has 4 heteroatoms. The van der Waals surface area contributed by atoms with Crippen LogP contribution in [0.25, 0.3) is 11.3 Å². The van der Waals surface area contributed by atoms with E-state index >= 15 is 0 Å². The summed E-state index contributed by atoms with van der Waals surface area (Å²) in [6, 6.07) is 7.22. The van der Waals surface area contributed by atoms with Gasteiger partial charge >= 0.3 is 0 Å². The van der Waals surface area contributed by atoms with Gasteiger partial charge in [0.15, 0.2) is 0 Å². The molecule has 1 aromatic heterocycles. The zero-order valence-electron chi connectivity index (χ0n) is 11.7. The highest BCUT2D eigenvalue weighted by Crippen LogP contribution is 2.36. The molecule has 2 aliphatic carbocycles. The van der Waals surface area contributed by atoms with E-state index in [1.807, 2.05) is 12.1 Å². The van der Waals surface area contributed by atoms with Crippen LogP contribution in [0.15, 0.2) is 24.3 Å². The van der Waals surface area contributed by atoms with E-state index in [0.717, 1.165) is 24.2 Å². The molecule has 2 aromatic rings. The number of nitrogens with one attached hydrogen (secondary N) is 1. The van der Waals surface area contributed by atoms with Gasteiger partial charge in [-0.15, -0.1) is 0 Å². The molecule has 0 unspecified atom stereocenters. The summed E-state index contributed by atoms with van der Waals surface area (Å²) >= 11 is 0. The number of ketones is 2. The number of carbonyl (C=O) groups is 2. The topological polar surface area (TPSA) is 62.8 Å². The largest absolute Gasteiger partial charge is 0.338 e. The minimum atomic E-state index is -0.460. The summed E-state index contributed by atoms with van der Waals surface area (Å²) < 4.78 is 0. The van der Waals surface area contributed by atoms with Crippen LogP contribution in [0.1, 0.15) is 64.7 Å². The van der Waals surface area contributed by atoms with Crippen molar-refractivity contribution in [2.75, 3.05) is 0 Å². The molecule has 106 valence electrons. The van der Waals surface area contributed by atoms with Crippen LogP contribution in [0.4, 0.5) is 0 Å². The Balaban J connectivity index is 1.84. The van der Waals surface area contributed by atoms with Crippen molar-refractivity contribution in [3.63, 3.8) is 0 Å². The number of nitrogens with zero attached hydrogens (tertiary/aromatic N) is 1. The second-order valence-electron chi connectivity index (χ2n) is 5.88. The summed E-state index contributed by atoms with van der Waals surface area (Å²) in [6.07, 6.45) is 5.91. The highest BCUT2D eigenvalue weighted by atomic mass is 16.2. The summed E-state index contributed by atoms with van der Waals surface area (Å²) in [5.74, 6) is 0.368. The number of H-pyrrole nitrogens is 1. The number of Topliss-reactive ketones (excluding diaryl/α,β-unsaturated/α-hetero) is 2. The fourth-order valence-electron chi connectivity index (χ4n) is 3.44. The van der Waals surface area contributed by atoms with Gasteiger partial charge in [0, 0.05) is 17.0 Å². The van der Waals surface area contributed by atoms with Crippen LogP contribution in [-0.2, 0) is 0 Å². The molecular weight excluding hydrogens is 264 g/mol. The fourth-order valence-corrected chi connectivity index (χ4v) is 3.44. The van der Waals surface area contributed by atoms with Crippen molar-refractivity contribution >= 4 is 11.6 Å². The molecule has 4 rings (SSSR count). The lowest BCUT2D eigenvalue weighted by molar-refractivity contribution is 0.0812. The number of hydrogen-bond acceptors (Lipinski definition) is 3. The van der Waals surface area contributed by atoms with Gasteiger partial charge in [0.2, 0.25) is 5.78 Å². The minimum absolute atomic E-state index is 0.374. The number of imidazole rings is 1. The average Bonchev–Trinajstić information content (AvgIpc) is 2.99. The summed E-state index contributed by atoms with van der Waals surface area (Å²) in [6.45, 7) is 0. The molecule has 1 aromatic carbocycles. The Hall–Kier alpha value is -2.23. The summed E-state index contributed by atoms with van der Waals surface area (Å²) in [5.41, 5.74) is 2.27. The van der Waals surface area contributed by atoms with Gasteiger partial charge in [0.1, 0.15) is 17.2 Å². The van der Waals surface area contributed by atoms with Gasteiger partial charge in [-0.1, -0.05) is 43.5 Å². The van der Waals surface area contributed by atoms with E-state index in [2.05, 4.69) is 9.97 Å². The van der Waals surface area contributed by atoms with Crippen molar-refractivity contribution in [2.24, 2.45) is 0 Å². The minimum Gasteiger partial charge on any atom is -0.338 e. The molecule has 0 aliphatic heterocycles. The standard InChI is InChI=1S/C17H16N2O2/c20-15-12-9-5-4-8-11(12)13-14(16(15)21)19-17(18-13)10-6-2-1-3-7-10/h4-5,8-10H,1-3,6-7H2,(H,18,19). The Morgan fingerprint density at radius 1 is 0.952 bits per heavy atom. The van der Waals surface area contributed by atoms with Gasteiger partial charge in [-0.05, 0) is 12.8 Å². The first-order valence-electron chi connectivity index (χ1n) is 7.54. The normalized spacial score (nSPS) is 18.5. The van der Waals surface area contributed by atoms with Gasteiger partial charge in [0.05, 0.1) is 0 Å². The molecule has 0 spiro atoms. The van der Waals surface area contributed by atoms with E-state index in [0.29, 0.717) is 22.9 Å². The summed E-state index contributed by atoms with van der Waals surface area (Å²) in [7, 11) is 0. The van der Waals surface area contributed by atoms with E-state index < -0.39 is 11.6 Å². The third-order valence-electron chi connectivity index (χ3n) is 4.57. The fraction of sp³-hybridized carbons (Fsp3) is 0.353. The lowest BCUT2D eigenvalue weighted by atomic mass is 9.89. The summed E-state index contributed by atoms with van der Waals surface area (Å²) in [4.78, 5) is 32.2. The first-order chi connectivity index (χ1) is 10.3. The predicted molar refractivity (Wildman–Crippen MR) is 78.5 cm³/mol. The van der Waals surface area contributed by atoms with Crippen molar-refractivity contribution in [3.05, 3.63) is 41.3 Å².